The van der Waals surface area contributed by atoms with Gasteiger partial charge in [0.1, 0.15) is 11.3 Å². The standard InChI is InChI=1S/C15H15N5O4/c1-15(2,3)13-16-10-11(17-13)19(14(22)18-12(10)21)8-5-4-6-9(7-8)20(23)24/h4-7H,1-3H3,(H,16,17)(H,18,21,22). The SMILES string of the molecule is CC(C)(C)c1nc2c([nH]1)c(=O)[nH]c(=O)n2-c1cccc([N+](=O)[O-])c1. The van der Waals surface area contributed by atoms with E-state index < -0.39 is 16.2 Å². The Balaban J connectivity index is 2.38. The van der Waals surface area contributed by atoms with Crippen molar-refractivity contribution >= 4 is 16.9 Å². The minimum absolute atomic E-state index is 0.133. The van der Waals surface area contributed by atoms with E-state index in [4.69, 9.17) is 0 Å². The summed E-state index contributed by atoms with van der Waals surface area (Å²) in [6.07, 6.45) is 0. The lowest BCUT2D eigenvalue weighted by atomic mass is 9.96. The Bertz CT molecular complexity index is 1070. The molecule has 0 bridgehead atoms. The molecule has 0 unspecified atom stereocenters. The lowest BCUT2D eigenvalue weighted by molar-refractivity contribution is -0.384. The first kappa shape index (κ1) is 15.7. The van der Waals surface area contributed by atoms with Gasteiger partial charge in [0.05, 0.1) is 10.6 Å². The third-order valence-electron chi connectivity index (χ3n) is 3.56. The van der Waals surface area contributed by atoms with E-state index in [-0.39, 0.29) is 28.0 Å². The molecule has 0 atom stereocenters. The van der Waals surface area contributed by atoms with Crippen LogP contribution >= 0.6 is 0 Å². The molecule has 3 aromatic rings. The van der Waals surface area contributed by atoms with Crippen LogP contribution in [-0.2, 0) is 5.41 Å². The Hall–Kier alpha value is -3.23. The average Bonchev–Trinajstić information content (AvgIpc) is 2.93. The van der Waals surface area contributed by atoms with Gasteiger partial charge >= 0.3 is 5.69 Å². The number of hydrogen-bond donors (Lipinski definition) is 2. The highest BCUT2D eigenvalue weighted by molar-refractivity contribution is 5.72. The van der Waals surface area contributed by atoms with Crippen LogP contribution in [0.3, 0.4) is 0 Å². The molecule has 2 heterocycles. The lowest BCUT2D eigenvalue weighted by Gasteiger charge is -2.13. The maximum atomic E-state index is 12.3. The number of non-ortho nitro benzene ring substituents is 1. The molecule has 0 saturated heterocycles. The monoisotopic (exact) mass is 329 g/mol. The molecule has 0 aliphatic carbocycles. The third-order valence-corrected chi connectivity index (χ3v) is 3.56. The molecule has 3 rings (SSSR count). The Kier molecular flexibility index (Phi) is 3.36. The number of nitro groups is 1. The van der Waals surface area contributed by atoms with Crippen molar-refractivity contribution in [3.63, 3.8) is 0 Å². The van der Waals surface area contributed by atoms with Gasteiger partial charge in [0, 0.05) is 17.5 Å². The molecule has 2 N–H and O–H groups in total. The van der Waals surface area contributed by atoms with Crippen LogP contribution in [0.25, 0.3) is 16.9 Å². The summed E-state index contributed by atoms with van der Waals surface area (Å²) in [7, 11) is 0. The van der Waals surface area contributed by atoms with Gasteiger partial charge in [-0.25, -0.2) is 14.3 Å². The number of rotatable bonds is 2. The second kappa shape index (κ2) is 5.15. The highest BCUT2D eigenvalue weighted by Gasteiger charge is 2.22. The molecule has 0 aliphatic heterocycles. The molecule has 0 saturated carbocycles. The Morgan fingerprint density at radius 3 is 2.54 bits per heavy atom. The fourth-order valence-electron chi connectivity index (χ4n) is 2.34. The smallest absolute Gasteiger partial charge is 0.334 e. The number of nitrogens with zero attached hydrogens (tertiary/aromatic N) is 3. The van der Waals surface area contributed by atoms with Crippen LogP contribution in [0, 0.1) is 10.1 Å². The number of imidazole rings is 1. The van der Waals surface area contributed by atoms with Gasteiger partial charge in [-0.2, -0.15) is 0 Å². The summed E-state index contributed by atoms with van der Waals surface area (Å²) in [6, 6.07) is 5.58. The largest absolute Gasteiger partial charge is 0.336 e. The van der Waals surface area contributed by atoms with E-state index in [0.717, 1.165) is 4.57 Å². The Morgan fingerprint density at radius 2 is 1.92 bits per heavy atom. The van der Waals surface area contributed by atoms with Crippen LogP contribution in [0.1, 0.15) is 26.6 Å². The first-order chi connectivity index (χ1) is 11.2. The van der Waals surface area contributed by atoms with E-state index >= 15 is 0 Å². The van der Waals surface area contributed by atoms with Crippen molar-refractivity contribution in [1.29, 1.82) is 0 Å². The maximum absolute atomic E-state index is 12.3. The van der Waals surface area contributed by atoms with E-state index in [1.54, 1.807) is 0 Å². The molecular weight excluding hydrogens is 314 g/mol. The molecule has 124 valence electrons. The minimum atomic E-state index is -0.708. The van der Waals surface area contributed by atoms with Crippen molar-refractivity contribution in [3.8, 4) is 5.69 Å². The fraction of sp³-hybridized carbons (Fsp3) is 0.267. The molecule has 0 aliphatic rings. The van der Waals surface area contributed by atoms with E-state index in [0.29, 0.717) is 5.82 Å². The third kappa shape index (κ3) is 2.49. The van der Waals surface area contributed by atoms with Gasteiger partial charge in [-0.15, -0.1) is 0 Å². The van der Waals surface area contributed by atoms with Gasteiger partial charge in [-0.3, -0.25) is 19.9 Å². The van der Waals surface area contributed by atoms with Crippen LogP contribution in [0.4, 0.5) is 5.69 Å². The summed E-state index contributed by atoms with van der Waals surface area (Å²) in [5.41, 5.74) is -1.29. The van der Waals surface area contributed by atoms with Crippen molar-refractivity contribution in [1.82, 2.24) is 19.5 Å². The number of aromatic nitrogens is 4. The fourth-order valence-corrected chi connectivity index (χ4v) is 2.34. The summed E-state index contributed by atoms with van der Waals surface area (Å²) >= 11 is 0. The van der Waals surface area contributed by atoms with Gasteiger partial charge in [0.2, 0.25) is 0 Å². The summed E-state index contributed by atoms with van der Waals surface area (Å²) in [6.45, 7) is 5.73. The maximum Gasteiger partial charge on any atom is 0.334 e. The van der Waals surface area contributed by atoms with Gasteiger partial charge in [-0.1, -0.05) is 26.8 Å². The van der Waals surface area contributed by atoms with Crippen LogP contribution < -0.4 is 11.2 Å². The van der Waals surface area contributed by atoms with Gasteiger partial charge < -0.3 is 4.98 Å². The first-order valence-electron chi connectivity index (χ1n) is 7.19. The molecule has 9 heteroatoms. The van der Waals surface area contributed by atoms with Crippen LogP contribution in [0.5, 0.6) is 0 Å². The second-order valence-electron chi connectivity index (χ2n) is 6.41. The van der Waals surface area contributed by atoms with Crippen molar-refractivity contribution in [2.75, 3.05) is 0 Å². The normalized spacial score (nSPS) is 11.8. The van der Waals surface area contributed by atoms with E-state index in [2.05, 4.69) is 15.0 Å². The topological polar surface area (TPSA) is 127 Å². The zero-order valence-corrected chi connectivity index (χ0v) is 13.3. The molecule has 0 fully saturated rings. The number of nitro benzene ring substituents is 1. The number of hydrogen-bond acceptors (Lipinski definition) is 5. The number of aromatic amines is 2. The second-order valence-corrected chi connectivity index (χ2v) is 6.41. The number of H-pyrrole nitrogens is 2. The predicted molar refractivity (Wildman–Crippen MR) is 87.7 cm³/mol. The summed E-state index contributed by atoms with van der Waals surface area (Å²) in [4.78, 5) is 44.2. The molecule has 1 aromatic carbocycles. The van der Waals surface area contributed by atoms with E-state index in [1.165, 1.54) is 24.3 Å². The summed E-state index contributed by atoms with van der Waals surface area (Å²) < 4.78 is 1.15. The first-order valence-corrected chi connectivity index (χ1v) is 7.19. The van der Waals surface area contributed by atoms with Crippen molar-refractivity contribution < 1.29 is 4.92 Å². The molecule has 9 nitrogen and oxygen atoms in total. The molecule has 0 amide bonds. The molecule has 0 radical (unpaired) electrons. The number of nitrogens with one attached hydrogen (secondary N) is 2. The zero-order chi connectivity index (χ0) is 17.6. The minimum Gasteiger partial charge on any atom is -0.336 e. The summed E-state index contributed by atoms with van der Waals surface area (Å²) in [5.74, 6) is 0.535. The van der Waals surface area contributed by atoms with E-state index in [9.17, 15) is 19.7 Å². The molecule has 24 heavy (non-hydrogen) atoms. The van der Waals surface area contributed by atoms with Crippen molar-refractivity contribution in [2.45, 2.75) is 26.2 Å². The lowest BCUT2D eigenvalue weighted by Crippen LogP contribution is -2.29. The van der Waals surface area contributed by atoms with Gasteiger partial charge in [-0.05, 0) is 6.07 Å². The van der Waals surface area contributed by atoms with Gasteiger partial charge in [0.25, 0.3) is 11.2 Å². The summed E-state index contributed by atoms with van der Waals surface area (Å²) in [5, 5.41) is 11.0. The molecule has 2 aromatic heterocycles. The van der Waals surface area contributed by atoms with Crippen molar-refractivity contribution in [2.24, 2.45) is 0 Å². The predicted octanol–water partition coefficient (Wildman–Crippen LogP) is 1.61. The zero-order valence-electron chi connectivity index (χ0n) is 13.3. The highest BCUT2D eigenvalue weighted by atomic mass is 16.6. The van der Waals surface area contributed by atoms with Crippen LogP contribution in [0.15, 0.2) is 33.9 Å². The van der Waals surface area contributed by atoms with Crippen LogP contribution in [0.2, 0.25) is 0 Å². The molecule has 0 spiro atoms. The molecular formula is C15H15N5O4. The Morgan fingerprint density at radius 1 is 1.21 bits per heavy atom. The average molecular weight is 329 g/mol. The van der Waals surface area contributed by atoms with E-state index in [1.807, 2.05) is 20.8 Å². The van der Waals surface area contributed by atoms with Gasteiger partial charge in [0.15, 0.2) is 5.65 Å². The van der Waals surface area contributed by atoms with Crippen molar-refractivity contribution in [3.05, 3.63) is 61.0 Å². The van der Waals surface area contributed by atoms with Crippen LogP contribution in [-0.4, -0.2) is 24.4 Å². The quantitative estimate of drug-likeness (QED) is 0.545. The number of benzene rings is 1. The number of fused-ring (bicyclic) bond motifs is 1. The highest BCUT2D eigenvalue weighted by Crippen LogP contribution is 2.22. The Labute approximate surface area is 135 Å².